The summed E-state index contributed by atoms with van der Waals surface area (Å²) >= 11 is 1.70. The fourth-order valence-corrected chi connectivity index (χ4v) is 4.53. The van der Waals surface area contributed by atoms with Crippen molar-refractivity contribution in [3.8, 4) is 0 Å². The number of thioether (sulfide) groups is 1. The van der Waals surface area contributed by atoms with Gasteiger partial charge in [0.05, 0.1) is 0 Å². The van der Waals surface area contributed by atoms with Crippen LogP contribution in [0, 0.1) is 0 Å². The maximum Gasteiger partial charge on any atom is 0.246 e. The lowest BCUT2D eigenvalue weighted by Crippen LogP contribution is -2.63. The van der Waals surface area contributed by atoms with E-state index in [2.05, 4.69) is 22.9 Å². The van der Waals surface area contributed by atoms with Gasteiger partial charge in [0.15, 0.2) is 0 Å². The van der Waals surface area contributed by atoms with Gasteiger partial charge in [-0.1, -0.05) is 25.1 Å². The molecule has 3 rings (SSSR count). The summed E-state index contributed by atoms with van der Waals surface area (Å²) in [6.07, 6.45) is 4.80. The lowest BCUT2D eigenvalue weighted by Gasteiger charge is -2.44. The van der Waals surface area contributed by atoms with Gasteiger partial charge in [0, 0.05) is 44.2 Å². The van der Waals surface area contributed by atoms with Crippen LogP contribution in [0.3, 0.4) is 0 Å². The van der Waals surface area contributed by atoms with Gasteiger partial charge in [0.1, 0.15) is 12.1 Å². The first-order chi connectivity index (χ1) is 12.4. The number of carbonyl (C=O) groups is 2. The molecule has 2 heterocycles. The van der Waals surface area contributed by atoms with Gasteiger partial charge in [-0.2, -0.15) is 11.8 Å². The zero-order chi connectivity index (χ0) is 19.0. The van der Waals surface area contributed by atoms with E-state index in [1.54, 1.807) is 35.7 Å². The van der Waals surface area contributed by atoms with Crippen molar-refractivity contribution in [2.45, 2.75) is 31.3 Å². The van der Waals surface area contributed by atoms with Gasteiger partial charge in [-0.15, -0.1) is 0 Å². The molecule has 1 fully saturated rings. The standard InChI is InChI=1S/C20H27N3O2S/c1-13(15-12-21(2)16-9-7-6-8-14(15)16)18-20(25)22(3)17(10-11-26-5)19(24)23(18)4/h6-9,12-13,17-18H,10-11H2,1-5H3/t13-,17+,18+/m0/s1. The van der Waals surface area contributed by atoms with Crippen LogP contribution in [0.2, 0.25) is 0 Å². The maximum atomic E-state index is 13.1. The SMILES string of the molecule is CSCC[C@@H]1C(=O)N(C)[C@H]([C@@H](C)c2cn(C)c3ccccc23)C(=O)N1C. The van der Waals surface area contributed by atoms with Gasteiger partial charge in [-0.05, 0) is 30.1 Å². The van der Waals surface area contributed by atoms with Crippen LogP contribution in [0.1, 0.15) is 24.8 Å². The number of likely N-dealkylation sites (N-methyl/N-ethyl adjacent to an activating group) is 2. The van der Waals surface area contributed by atoms with Crippen molar-refractivity contribution in [3.05, 3.63) is 36.0 Å². The Bertz CT molecular complexity index is 832. The number of amides is 2. The molecule has 0 saturated carbocycles. The minimum absolute atomic E-state index is 0.0265. The average molecular weight is 374 g/mol. The minimum atomic E-state index is -0.469. The van der Waals surface area contributed by atoms with E-state index in [0.29, 0.717) is 6.42 Å². The molecular formula is C20H27N3O2S. The van der Waals surface area contributed by atoms with Crippen LogP contribution in [-0.2, 0) is 16.6 Å². The highest BCUT2D eigenvalue weighted by atomic mass is 32.2. The van der Waals surface area contributed by atoms with Crippen LogP contribution in [0.15, 0.2) is 30.5 Å². The van der Waals surface area contributed by atoms with Gasteiger partial charge in [-0.3, -0.25) is 9.59 Å². The molecule has 26 heavy (non-hydrogen) atoms. The lowest BCUT2D eigenvalue weighted by atomic mass is 9.88. The number of fused-ring (bicyclic) bond motifs is 1. The van der Waals surface area contributed by atoms with Crippen molar-refractivity contribution in [2.24, 2.45) is 7.05 Å². The molecule has 3 atom stereocenters. The second-order valence-electron chi connectivity index (χ2n) is 7.14. The Morgan fingerprint density at radius 1 is 1.08 bits per heavy atom. The molecule has 2 amide bonds. The Hall–Kier alpha value is -1.95. The summed E-state index contributed by atoms with van der Waals surface area (Å²) in [5.74, 6) is 0.856. The molecule has 0 aliphatic carbocycles. The zero-order valence-electron chi connectivity index (χ0n) is 16.1. The fourth-order valence-electron chi connectivity index (χ4n) is 4.07. The van der Waals surface area contributed by atoms with E-state index < -0.39 is 6.04 Å². The number of aromatic nitrogens is 1. The van der Waals surface area contributed by atoms with Crippen LogP contribution in [0.25, 0.3) is 10.9 Å². The van der Waals surface area contributed by atoms with Crippen molar-refractivity contribution >= 4 is 34.5 Å². The van der Waals surface area contributed by atoms with E-state index in [1.807, 2.05) is 32.4 Å². The molecule has 0 N–H and O–H groups in total. The topological polar surface area (TPSA) is 45.6 Å². The molecule has 1 aliphatic heterocycles. The van der Waals surface area contributed by atoms with Gasteiger partial charge in [-0.25, -0.2) is 0 Å². The molecule has 0 radical (unpaired) electrons. The van der Waals surface area contributed by atoms with E-state index in [1.165, 1.54) is 0 Å². The van der Waals surface area contributed by atoms with Crippen LogP contribution in [-0.4, -0.2) is 64.4 Å². The third-order valence-corrected chi connectivity index (χ3v) is 6.25. The van der Waals surface area contributed by atoms with E-state index in [9.17, 15) is 9.59 Å². The van der Waals surface area contributed by atoms with Gasteiger partial charge in [0.2, 0.25) is 11.8 Å². The van der Waals surface area contributed by atoms with Gasteiger partial charge in [0.25, 0.3) is 0 Å². The van der Waals surface area contributed by atoms with Gasteiger partial charge < -0.3 is 14.4 Å². The number of para-hydroxylation sites is 1. The molecule has 0 bridgehead atoms. The zero-order valence-corrected chi connectivity index (χ0v) is 16.9. The Balaban J connectivity index is 1.95. The van der Waals surface area contributed by atoms with Crippen LogP contribution in [0.4, 0.5) is 0 Å². The van der Waals surface area contributed by atoms with Crippen LogP contribution in [0.5, 0.6) is 0 Å². The number of hydrogen-bond donors (Lipinski definition) is 0. The second kappa shape index (κ2) is 7.35. The highest BCUT2D eigenvalue weighted by molar-refractivity contribution is 7.98. The lowest BCUT2D eigenvalue weighted by molar-refractivity contribution is -0.159. The number of nitrogens with zero attached hydrogens (tertiary/aromatic N) is 3. The van der Waals surface area contributed by atoms with Crippen molar-refractivity contribution in [1.82, 2.24) is 14.4 Å². The minimum Gasteiger partial charge on any atom is -0.350 e. The third-order valence-electron chi connectivity index (χ3n) is 5.61. The number of aryl methyl sites for hydroxylation is 1. The highest BCUT2D eigenvalue weighted by Crippen LogP contribution is 2.34. The summed E-state index contributed by atoms with van der Waals surface area (Å²) in [5.41, 5.74) is 2.25. The first-order valence-electron chi connectivity index (χ1n) is 8.94. The normalized spacial score (nSPS) is 22.3. The second-order valence-corrected chi connectivity index (χ2v) is 8.13. The molecule has 1 aliphatic rings. The largest absolute Gasteiger partial charge is 0.350 e. The quantitative estimate of drug-likeness (QED) is 0.810. The predicted molar refractivity (Wildman–Crippen MR) is 107 cm³/mol. The van der Waals surface area contributed by atoms with Crippen LogP contribution >= 0.6 is 11.8 Å². The monoisotopic (exact) mass is 373 g/mol. The Labute approximate surface area is 159 Å². The maximum absolute atomic E-state index is 13.1. The molecule has 140 valence electrons. The first-order valence-corrected chi connectivity index (χ1v) is 10.3. The molecule has 1 aromatic carbocycles. The summed E-state index contributed by atoms with van der Waals surface area (Å²) in [4.78, 5) is 29.4. The van der Waals surface area contributed by atoms with Crippen molar-refractivity contribution in [3.63, 3.8) is 0 Å². The van der Waals surface area contributed by atoms with Crippen molar-refractivity contribution in [1.29, 1.82) is 0 Å². The smallest absolute Gasteiger partial charge is 0.246 e. The Morgan fingerprint density at radius 2 is 1.77 bits per heavy atom. The molecule has 6 heteroatoms. The van der Waals surface area contributed by atoms with Gasteiger partial charge >= 0.3 is 0 Å². The molecular weight excluding hydrogens is 346 g/mol. The molecule has 2 aromatic rings. The summed E-state index contributed by atoms with van der Waals surface area (Å²) in [6, 6.07) is 7.37. The predicted octanol–water partition coefficient (Wildman–Crippen LogP) is 2.70. The highest BCUT2D eigenvalue weighted by Gasteiger charge is 2.45. The first kappa shape index (κ1) is 18.8. The third kappa shape index (κ3) is 3.00. The summed E-state index contributed by atoms with van der Waals surface area (Å²) in [6.45, 7) is 2.05. The summed E-state index contributed by atoms with van der Waals surface area (Å²) in [5, 5.41) is 1.14. The molecule has 5 nitrogen and oxygen atoms in total. The van der Waals surface area contributed by atoms with E-state index in [4.69, 9.17) is 0 Å². The van der Waals surface area contributed by atoms with Crippen molar-refractivity contribution < 1.29 is 9.59 Å². The van der Waals surface area contributed by atoms with E-state index in [0.717, 1.165) is 22.2 Å². The number of piperazine rings is 1. The van der Waals surface area contributed by atoms with E-state index >= 15 is 0 Å². The molecule has 1 saturated heterocycles. The molecule has 1 aromatic heterocycles. The summed E-state index contributed by atoms with van der Waals surface area (Å²) < 4.78 is 2.08. The number of rotatable bonds is 5. The molecule has 0 spiro atoms. The van der Waals surface area contributed by atoms with Crippen LogP contribution < -0.4 is 0 Å². The Morgan fingerprint density at radius 3 is 2.46 bits per heavy atom. The Kier molecular flexibility index (Phi) is 5.32. The fraction of sp³-hybridized carbons (Fsp3) is 0.500. The van der Waals surface area contributed by atoms with E-state index in [-0.39, 0.29) is 23.8 Å². The van der Waals surface area contributed by atoms with Crippen molar-refractivity contribution in [2.75, 3.05) is 26.1 Å². The molecule has 0 unspecified atom stereocenters. The summed E-state index contributed by atoms with van der Waals surface area (Å²) in [7, 11) is 5.55. The number of hydrogen-bond acceptors (Lipinski definition) is 3. The number of benzene rings is 1. The average Bonchev–Trinajstić information content (AvgIpc) is 2.97. The number of carbonyl (C=O) groups excluding carboxylic acids is 2.